The number of hydrogen-bond donors (Lipinski definition) is 0. The van der Waals surface area contributed by atoms with Gasteiger partial charge in [-0.05, 0) is 13.3 Å². The molecule has 0 bridgehead atoms. The van der Waals surface area contributed by atoms with E-state index >= 15 is 0 Å². The van der Waals surface area contributed by atoms with Crippen LogP contribution in [0.4, 0.5) is 0 Å². The van der Waals surface area contributed by atoms with E-state index in [-0.39, 0.29) is 5.78 Å². The molecule has 0 N–H and O–H groups in total. The molecular formula is C9H10N2O2. The first kappa shape index (κ1) is 8.16. The molecule has 68 valence electrons. The first-order valence-corrected chi connectivity index (χ1v) is 4.29. The molecule has 0 aliphatic carbocycles. The van der Waals surface area contributed by atoms with Crippen LogP contribution in [0.1, 0.15) is 39.6 Å². The third kappa shape index (κ3) is 1.09. The van der Waals surface area contributed by atoms with E-state index in [2.05, 4.69) is 4.98 Å². The SMILES string of the molecule is Cc1nc2n(c1C=O)CCCC2=O. The number of aromatic nitrogens is 2. The summed E-state index contributed by atoms with van der Waals surface area (Å²) in [5.41, 5.74) is 1.20. The summed E-state index contributed by atoms with van der Waals surface area (Å²) in [6, 6.07) is 0. The predicted octanol–water partition coefficient (Wildman–Crippen LogP) is 0.981. The van der Waals surface area contributed by atoms with E-state index in [9.17, 15) is 9.59 Å². The Kier molecular flexibility index (Phi) is 1.76. The summed E-state index contributed by atoms with van der Waals surface area (Å²) in [4.78, 5) is 26.1. The zero-order valence-electron chi connectivity index (χ0n) is 7.41. The molecule has 0 unspecified atom stereocenters. The fourth-order valence-corrected chi connectivity index (χ4v) is 1.68. The molecule has 0 fully saturated rings. The molecule has 0 saturated carbocycles. The van der Waals surface area contributed by atoms with Crippen molar-refractivity contribution in [2.24, 2.45) is 0 Å². The smallest absolute Gasteiger partial charge is 0.198 e. The highest BCUT2D eigenvalue weighted by molar-refractivity contribution is 5.94. The minimum atomic E-state index is 0.0439. The Morgan fingerprint density at radius 3 is 3.00 bits per heavy atom. The topological polar surface area (TPSA) is 52.0 Å². The van der Waals surface area contributed by atoms with Crippen LogP contribution in [0.25, 0.3) is 0 Å². The Labute approximate surface area is 75.6 Å². The van der Waals surface area contributed by atoms with Crippen LogP contribution < -0.4 is 0 Å². The largest absolute Gasteiger partial charge is 0.319 e. The first-order valence-electron chi connectivity index (χ1n) is 4.29. The second kappa shape index (κ2) is 2.80. The maximum Gasteiger partial charge on any atom is 0.198 e. The highest BCUT2D eigenvalue weighted by atomic mass is 16.1. The lowest BCUT2D eigenvalue weighted by atomic mass is 10.1. The second-order valence-corrected chi connectivity index (χ2v) is 3.20. The van der Waals surface area contributed by atoms with Gasteiger partial charge in [0.1, 0.15) is 5.69 Å². The maximum atomic E-state index is 11.4. The van der Waals surface area contributed by atoms with Crippen molar-refractivity contribution in [2.45, 2.75) is 26.3 Å². The third-order valence-electron chi connectivity index (χ3n) is 2.34. The van der Waals surface area contributed by atoms with E-state index in [1.54, 1.807) is 11.5 Å². The molecule has 1 aliphatic rings. The van der Waals surface area contributed by atoms with Crippen molar-refractivity contribution in [3.8, 4) is 0 Å². The van der Waals surface area contributed by atoms with Crippen LogP contribution in [0, 0.1) is 6.92 Å². The lowest BCUT2D eigenvalue weighted by Crippen LogP contribution is -2.18. The molecule has 2 heterocycles. The number of aldehydes is 1. The van der Waals surface area contributed by atoms with Crippen molar-refractivity contribution in [3.63, 3.8) is 0 Å². The van der Waals surface area contributed by atoms with Crippen LogP contribution in [-0.4, -0.2) is 21.6 Å². The number of aryl methyl sites for hydroxylation is 1. The molecule has 4 heteroatoms. The quantitative estimate of drug-likeness (QED) is 0.602. The van der Waals surface area contributed by atoms with Gasteiger partial charge in [0.15, 0.2) is 17.9 Å². The fraction of sp³-hybridized carbons (Fsp3) is 0.444. The molecular weight excluding hydrogens is 168 g/mol. The van der Waals surface area contributed by atoms with Crippen LogP contribution in [0.2, 0.25) is 0 Å². The zero-order valence-corrected chi connectivity index (χ0v) is 7.41. The van der Waals surface area contributed by atoms with E-state index in [0.29, 0.717) is 23.6 Å². The molecule has 0 spiro atoms. The summed E-state index contributed by atoms with van der Waals surface area (Å²) in [7, 11) is 0. The number of Topliss-reactive ketones (excluding diaryl/α,β-unsaturated/α-hetero) is 1. The van der Waals surface area contributed by atoms with Crippen molar-refractivity contribution in [1.29, 1.82) is 0 Å². The minimum absolute atomic E-state index is 0.0439. The Hall–Kier alpha value is -1.45. The molecule has 0 atom stereocenters. The lowest BCUT2D eigenvalue weighted by Gasteiger charge is -2.12. The molecule has 0 aromatic carbocycles. The van der Waals surface area contributed by atoms with E-state index in [4.69, 9.17) is 0 Å². The molecule has 1 aliphatic heterocycles. The Bertz CT molecular complexity index is 379. The number of carbonyl (C=O) groups is 2. The normalized spacial score (nSPS) is 15.6. The van der Waals surface area contributed by atoms with Gasteiger partial charge in [-0.2, -0.15) is 0 Å². The molecule has 13 heavy (non-hydrogen) atoms. The Morgan fingerprint density at radius 2 is 2.31 bits per heavy atom. The standard InChI is InChI=1S/C9H10N2O2/c1-6-7(5-12)11-4-2-3-8(13)9(11)10-6/h5H,2-4H2,1H3. The lowest BCUT2D eigenvalue weighted by molar-refractivity contribution is 0.0948. The average Bonchev–Trinajstić information content (AvgIpc) is 2.43. The number of rotatable bonds is 1. The number of hydrogen-bond acceptors (Lipinski definition) is 3. The summed E-state index contributed by atoms with van der Waals surface area (Å²) in [6.45, 7) is 2.48. The fourth-order valence-electron chi connectivity index (χ4n) is 1.68. The highest BCUT2D eigenvalue weighted by Gasteiger charge is 2.22. The molecule has 0 saturated heterocycles. The van der Waals surface area contributed by atoms with Crippen molar-refractivity contribution >= 4 is 12.1 Å². The summed E-state index contributed by atoms with van der Waals surface area (Å²) in [5.74, 6) is 0.494. The number of imidazole rings is 1. The van der Waals surface area contributed by atoms with E-state index in [1.165, 1.54) is 0 Å². The second-order valence-electron chi connectivity index (χ2n) is 3.20. The van der Waals surface area contributed by atoms with Crippen LogP contribution >= 0.6 is 0 Å². The van der Waals surface area contributed by atoms with E-state index < -0.39 is 0 Å². The highest BCUT2D eigenvalue weighted by Crippen LogP contribution is 2.17. The molecule has 1 aromatic heterocycles. The Balaban J connectivity index is 2.62. The number of fused-ring (bicyclic) bond motifs is 1. The van der Waals surface area contributed by atoms with E-state index in [0.717, 1.165) is 19.3 Å². The van der Waals surface area contributed by atoms with E-state index in [1.807, 2.05) is 0 Å². The van der Waals surface area contributed by atoms with Gasteiger partial charge in [0.25, 0.3) is 0 Å². The van der Waals surface area contributed by atoms with Gasteiger partial charge in [0, 0.05) is 13.0 Å². The zero-order chi connectivity index (χ0) is 9.42. The van der Waals surface area contributed by atoms with Crippen molar-refractivity contribution in [1.82, 2.24) is 9.55 Å². The minimum Gasteiger partial charge on any atom is -0.319 e. The average molecular weight is 178 g/mol. The van der Waals surface area contributed by atoms with Gasteiger partial charge in [-0.15, -0.1) is 0 Å². The maximum absolute atomic E-state index is 11.4. The summed E-state index contributed by atoms with van der Waals surface area (Å²) < 4.78 is 1.72. The van der Waals surface area contributed by atoms with Gasteiger partial charge in [-0.3, -0.25) is 9.59 Å². The third-order valence-corrected chi connectivity index (χ3v) is 2.34. The molecule has 0 radical (unpaired) electrons. The number of nitrogens with zero attached hydrogens (tertiary/aromatic N) is 2. The predicted molar refractivity (Wildman–Crippen MR) is 45.9 cm³/mol. The van der Waals surface area contributed by atoms with Crippen molar-refractivity contribution in [2.75, 3.05) is 0 Å². The van der Waals surface area contributed by atoms with Gasteiger partial charge in [-0.25, -0.2) is 4.98 Å². The number of ketones is 1. The van der Waals surface area contributed by atoms with Gasteiger partial charge in [0.05, 0.1) is 5.69 Å². The van der Waals surface area contributed by atoms with Gasteiger partial charge in [-0.1, -0.05) is 0 Å². The van der Waals surface area contributed by atoms with Gasteiger partial charge in [0.2, 0.25) is 0 Å². The number of carbonyl (C=O) groups excluding carboxylic acids is 2. The summed E-state index contributed by atoms with van der Waals surface area (Å²) >= 11 is 0. The monoisotopic (exact) mass is 178 g/mol. The molecule has 4 nitrogen and oxygen atoms in total. The van der Waals surface area contributed by atoms with Gasteiger partial charge >= 0.3 is 0 Å². The molecule has 0 amide bonds. The molecule has 1 aromatic rings. The van der Waals surface area contributed by atoms with Crippen molar-refractivity contribution < 1.29 is 9.59 Å². The first-order chi connectivity index (χ1) is 6.24. The van der Waals surface area contributed by atoms with Crippen LogP contribution in [-0.2, 0) is 6.54 Å². The van der Waals surface area contributed by atoms with Crippen molar-refractivity contribution in [3.05, 3.63) is 17.2 Å². The molecule has 2 rings (SSSR count). The van der Waals surface area contributed by atoms with Crippen LogP contribution in [0.5, 0.6) is 0 Å². The van der Waals surface area contributed by atoms with Gasteiger partial charge < -0.3 is 4.57 Å². The Morgan fingerprint density at radius 1 is 1.54 bits per heavy atom. The van der Waals surface area contributed by atoms with Crippen LogP contribution in [0.3, 0.4) is 0 Å². The summed E-state index contributed by atoms with van der Waals surface area (Å²) in [6.07, 6.45) is 2.13. The van der Waals surface area contributed by atoms with Crippen LogP contribution in [0.15, 0.2) is 0 Å². The summed E-state index contributed by atoms with van der Waals surface area (Å²) in [5, 5.41) is 0.